The summed E-state index contributed by atoms with van der Waals surface area (Å²) < 4.78 is 37.0. The highest BCUT2D eigenvalue weighted by Gasteiger charge is 2.29. The lowest BCUT2D eigenvalue weighted by Gasteiger charge is -2.47. The topological polar surface area (TPSA) is 117 Å². The van der Waals surface area contributed by atoms with Crippen LogP contribution in [0.1, 0.15) is 75.7 Å². The second kappa shape index (κ2) is 17.3. The summed E-state index contributed by atoms with van der Waals surface area (Å²) in [5.41, 5.74) is 2.26. The highest BCUT2D eigenvalue weighted by atomic mass is 35.5. The van der Waals surface area contributed by atoms with E-state index in [0.29, 0.717) is 47.3 Å². The van der Waals surface area contributed by atoms with Crippen LogP contribution in [0.4, 0.5) is 15.8 Å². The summed E-state index contributed by atoms with van der Waals surface area (Å²) in [6.45, 7) is 9.84. The molecule has 1 heterocycles. The Morgan fingerprint density at radius 3 is 2.52 bits per heavy atom. The molecular weight excluding hydrogens is 579 g/mol. The molecular formula is C31H50ClFN4O4S. The second-order valence-corrected chi connectivity index (χ2v) is 13.7. The van der Waals surface area contributed by atoms with Gasteiger partial charge < -0.3 is 21.1 Å². The van der Waals surface area contributed by atoms with Gasteiger partial charge in [-0.05, 0) is 81.3 Å². The molecule has 0 bridgehead atoms. The number of benzene rings is 2. The molecule has 3 atom stereocenters. The Morgan fingerprint density at radius 2 is 1.86 bits per heavy atom. The van der Waals surface area contributed by atoms with Crippen molar-refractivity contribution in [1.82, 2.24) is 10.6 Å². The molecule has 238 valence electrons. The van der Waals surface area contributed by atoms with Crippen molar-refractivity contribution in [2.24, 2.45) is 5.92 Å². The first-order valence-electron chi connectivity index (χ1n) is 14.9. The van der Waals surface area contributed by atoms with Crippen LogP contribution in [0.3, 0.4) is 0 Å². The number of carbonyl (C=O) groups excluding carboxylic acids is 1. The number of amides is 1. The SMILES string of the molecule is CCNc1cc(C(=O)N[C@@H](Cc2cccc(F)c2)[C@H](O)CNC(C)CCCC(C)C)cc(N2CCCCS2(O)O)c1.Cl. The molecule has 2 aromatic rings. The number of hydrogen-bond donors (Lipinski definition) is 6. The normalized spacial score (nSPS) is 17.6. The highest BCUT2D eigenvalue weighted by molar-refractivity contribution is 8.25. The molecule has 0 aromatic heterocycles. The Kier molecular flexibility index (Phi) is 14.9. The number of anilines is 2. The lowest BCUT2D eigenvalue weighted by molar-refractivity contribution is 0.0825. The number of nitrogens with one attached hydrogen (secondary N) is 3. The van der Waals surface area contributed by atoms with Crippen LogP contribution >= 0.6 is 23.2 Å². The van der Waals surface area contributed by atoms with Crippen LogP contribution in [0.2, 0.25) is 0 Å². The number of nitrogens with zero attached hydrogens (tertiary/aromatic N) is 1. The van der Waals surface area contributed by atoms with Crippen LogP contribution in [0, 0.1) is 11.7 Å². The summed E-state index contributed by atoms with van der Waals surface area (Å²) in [6.07, 6.45) is 4.13. The second-order valence-electron chi connectivity index (χ2n) is 11.6. The van der Waals surface area contributed by atoms with Crippen molar-refractivity contribution < 1.29 is 23.4 Å². The van der Waals surface area contributed by atoms with Crippen molar-refractivity contribution >= 4 is 40.5 Å². The average Bonchev–Trinajstić information content (AvgIpc) is 2.91. The van der Waals surface area contributed by atoms with E-state index in [1.54, 1.807) is 28.6 Å². The number of carbonyl (C=O) groups is 1. The summed E-state index contributed by atoms with van der Waals surface area (Å²) in [5.74, 6) is 0.171. The smallest absolute Gasteiger partial charge is 0.251 e. The Bertz CT molecular complexity index is 1130. The Labute approximate surface area is 258 Å². The predicted molar refractivity (Wildman–Crippen MR) is 176 cm³/mol. The van der Waals surface area contributed by atoms with E-state index >= 15 is 0 Å². The maximum atomic E-state index is 14.0. The van der Waals surface area contributed by atoms with Gasteiger partial charge in [0.15, 0.2) is 0 Å². The van der Waals surface area contributed by atoms with E-state index in [-0.39, 0.29) is 37.2 Å². The van der Waals surface area contributed by atoms with E-state index in [1.165, 1.54) is 12.1 Å². The van der Waals surface area contributed by atoms with Gasteiger partial charge in [0.2, 0.25) is 0 Å². The van der Waals surface area contributed by atoms with Crippen molar-refractivity contribution in [1.29, 1.82) is 0 Å². The summed E-state index contributed by atoms with van der Waals surface area (Å²) in [5, 5.41) is 20.8. The molecule has 1 amide bonds. The van der Waals surface area contributed by atoms with Crippen LogP contribution < -0.4 is 20.3 Å². The van der Waals surface area contributed by atoms with Crippen LogP contribution in [0.15, 0.2) is 42.5 Å². The minimum atomic E-state index is -2.97. The van der Waals surface area contributed by atoms with Gasteiger partial charge in [-0.2, -0.15) is 0 Å². The van der Waals surface area contributed by atoms with Crippen molar-refractivity contribution in [3.63, 3.8) is 0 Å². The van der Waals surface area contributed by atoms with Gasteiger partial charge in [-0.25, -0.2) is 4.39 Å². The molecule has 42 heavy (non-hydrogen) atoms. The van der Waals surface area contributed by atoms with Gasteiger partial charge >= 0.3 is 0 Å². The van der Waals surface area contributed by atoms with E-state index in [1.807, 2.05) is 13.0 Å². The Balaban J connectivity index is 0.00000616. The minimum Gasteiger partial charge on any atom is -0.390 e. The molecule has 1 aliphatic heterocycles. The Hall–Kier alpha value is -2.08. The summed E-state index contributed by atoms with van der Waals surface area (Å²) >= 11 is 0. The zero-order chi connectivity index (χ0) is 30.0. The third-order valence-electron chi connectivity index (χ3n) is 7.45. The fraction of sp³-hybridized carbons (Fsp3) is 0.581. The molecule has 2 aromatic carbocycles. The first kappa shape index (κ1) is 36.1. The first-order valence-corrected chi connectivity index (χ1v) is 16.5. The Morgan fingerprint density at radius 1 is 1.10 bits per heavy atom. The van der Waals surface area contributed by atoms with E-state index in [2.05, 4.69) is 36.7 Å². The zero-order valence-electron chi connectivity index (χ0n) is 25.3. The molecule has 0 aliphatic carbocycles. The number of aliphatic hydroxyl groups excluding tert-OH is 1. The van der Waals surface area contributed by atoms with Gasteiger partial charge in [-0.15, -0.1) is 23.2 Å². The fourth-order valence-electron chi connectivity index (χ4n) is 5.15. The van der Waals surface area contributed by atoms with Crippen molar-refractivity contribution in [3.8, 4) is 0 Å². The van der Waals surface area contributed by atoms with Gasteiger partial charge in [0.1, 0.15) is 5.82 Å². The van der Waals surface area contributed by atoms with Crippen LogP contribution in [-0.2, 0) is 6.42 Å². The van der Waals surface area contributed by atoms with Gasteiger partial charge in [-0.3, -0.25) is 18.2 Å². The average molecular weight is 629 g/mol. The highest BCUT2D eigenvalue weighted by Crippen LogP contribution is 2.50. The molecule has 11 heteroatoms. The lowest BCUT2D eigenvalue weighted by Crippen LogP contribution is -2.49. The molecule has 0 saturated carbocycles. The third kappa shape index (κ3) is 11.2. The van der Waals surface area contributed by atoms with Gasteiger partial charge in [0, 0.05) is 36.9 Å². The maximum absolute atomic E-state index is 14.0. The number of rotatable bonds is 15. The molecule has 6 N–H and O–H groups in total. The standard InChI is InChI=1S/C31H49FN4O4S.ClH/c1-5-33-27-18-25(19-28(20-27)36-14-6-7-15-41(36,39)40)31(38)35-29(17-24-12-9-13-26(32)16-24)30(37)21-34-23(4)11-8-10-22(2)3;/h9,12-13,16,18-20,22-23,29-30,33-34,37,39-40H,5-8,10-11,14-15,17,21H2,1-4H3,(H,35,38);1H/t23?,29-,30+;/m0./s1. The summed E-state index contributed by atoms with van der Waals surface area (Å²) in [6, 6.07) is 10.9. The molecule has 1 aliphatic rings. The molecule has 1 unspecified atom stereocenters. The van der Waals surface area contributed by atoms with Crippen molar-refractivity contribution in [3.05, 3.63) is 59.4 Å². The van der Waals surface area contributed by atoms with Gasteiger partial charge in [0.05, 0.1) is 23.6 Å². The molecule has 8 nitrogen and oxygen atoms in total. The number of aliphatic hydroxyl groups is 1. The van der Waals surface area contributed by atoms with Crippen LogP contribution in [-0.4, -0.2) is 63.7 Å². The fourth-order valence-corrected chi connectivity index (χ4v) is 6.83. The lowest BCUT2D eigenvalue weighted by atomic mass is 9.99. The molecule has 0 radical (unpaired) electrons. The van der Waals surface area contributed by atoms with Crippen molar-refractivity contribution in [2.45, 2.75) is 84.4 Å². The summed E-state index contributed by atoms with van der Waals surface area (Å²) in [4.78, 5) is 13.6. The molecule has 0 spiro atoms. The summed E-state index contributed by atoms with van der Waals surface area (Å²) in [7, 11) is -2.97. The molecule has 3 rings (SSSR count). The number of halogens is 2. The molecule has 1 fully saturated rings. The quantitative estimate of drug-likeness (QED) is 0.134. The third-order valence-corrected chi connectivity index (χ3v) is 9.39. The number of hydrogen-bond acceptors (Lipinski definition) is 7. The maximum Gasteiger partial charge on any atom is 0.251 e. The minimum absolute atomic E-state index is 0. The van der Waals surface area contributed by atoms with Crippen LogP contribution in [0.25, 0.3) is 0 Å². The largest absolute Gasteiger partial charge is 0.390 e. The van der Waals surface area contributed by atoms with E-state index in [9.17, 15) is 23.4 Å². The zero-order valence-corrected chi connectivity index (χ0v) is 26.9. The molecule has 1 saturated heterocycles. The monoisotopic (exact) mass is 628 g/mol. The van der Waals surface area contributed by atoms with E-state index in [4.69, 9.17) is 0 Å². The van der Waals surface area contributed by atoms with Gasteiger partial charge in [-0.1, -0.05) is 38.8 Å². The van der Waals surface area contributed by atoms with Crippen LogP contribution in [0.5, 0.6) is 0 Å². The predicted octanol–water partition coefficient (Wildman–Crippen LogP) is 6.45. The first-order chi connectivity index (χ1) is 19.5. The van der Waals surface area contributed by atoms with E-state index in [0.717, 1.165) is 32.1 Å². The van der Waals surface area contributed by atoms with Crippen molar-refractivity contribution in [2.75, 3.05) is 35.0 Å². The van der Waals surface area contributed by atoms with E-state index < -0.39 is 28.8 Å². The van der Waals surface area contributed by atoms with Gasteiger partial charge in [0.25, 0.3) is 5.91 Å².